The van der Waals surface area contributed by atoms with E-state index in [0.717, 1.165) is 0 Å². The number of nitrogens with one attached hydrogen (secondary N) is 1. The first-order chi connectivity index (χ1) is 12.4. The van der Waals surface area contributed by atoms with Gasteiger partial charge in [0.1, 0.15) is 5.15 Å². The zero-order chi connectivity index (χ0) is 18.6. The highest BCUT2D eigenvalue weighted by Gasteiger charge is 2.16. The summed E-state index contributed by atoms with van der Waals surface area (Å²) in [4.78, 5) is 16.5. The molecule has 1 heterocycles. The number of carbonyl (C=O) groups is 1. The molecule has 5 nitrogen and oxygen atoms in total. The number of pyridine rings is 1. The minimum atomic E-state index is -3.48. The number of anilines is 1. The first kappa shape index (κ1) is 18.1. The van der Waals surface area contributed by atoms with Gasteiger partial charge >= 0.3 is 0 Å². The number of hydrogen-bond acceptors (Lipinski definition) is 4. The Kier molecular flexibility index (Phi) is 5.35. The van der Waals surface area contributed by atoms with Gasteiger partial charge in [-0.2, -0.15) is 0 Å². The lowest BCUT2D eigenvalue weighted by molar-refractivity contribution is 0.102. The second kappa shape index (κ2) is 7.68. The number of aromatic nitrogens is 1. The van der Waals surface area contributed by atoms with Crippen molar-refractivity contribution in [3.63, 3.8) is 0 Å². The number of sulfone groups is 1. The molecule has 3 aromatic rings. The summed E-state index contributed by atoms with van der Waals surface area (Å²) < 4.78 is 25.0. The minimum Gasteiger partial charge on any atom is -0.321 e. The third kappa shape index (κ3) is 4.47. The first-order valence-electron chi connectivity index (χ1n) is 7.74. The third-order valence-electron chi connectivity index (χ3n) is 3.63. The predicted octanol–water partition coefficient (Wildman–Crippen LogP) is 3.96. The predicted molar refractivity (Wildman–Crippen MR) is 101 cm³/mol. The van der Waals surface area contributed by atoms with Gasteiger partial charge in [0.05, 0.1) is 22.5 Å². The smallest absolute Gasteiger partial charge is 0.255 e. The van der Waals surface area contributed by atoms with E-state index in [1.165, 1.54) is 6.20 Å². The molecule has 1 aromatic heterocycles. The average Bonchev–Trinajstić information content (AvgIpc) is 2.64. The molecule has 0 aliphatic carbocycles. The van der Waals surface area contributed by atoms with Gasteiger partial charge in [-0.1, -0.05) is 41.9 Å². The first-order valence-corrected chi connectivity index (χ1v) is 9.77. The van der Waals surface area contributed by atoms with Crippen molar-refractivity contribution in [1.82, 2.24) is 4.98 Å². The molecular weight excluding hydrogens is 372 g/mol. The largest absolute Gasteiger partial charge is 0.321 e. The normalized spacial score (nSPS) is 11.1. The Labute approximate surface area is 156 Å². The van der Waals surface area contributed by atoms with Crippen molar-refractivity contribution >= 4 is 33.0 Å². The summed E-state index contributed by atoms with van der Waals surface area (Å²) in [6.45, 7) is 0. The number of benzene rings is 2. The van der Waals surface area contributed by atoms with Gasteiger partial charge in [0.25, 0.3) is 5.91 Å². The van der Waals surface area contributed by atoms with Crippen LogP contribution in [0.3, 0.4) is 0 Å². The van der Waals surface area contributed by atoms with Crippen LogP contribution in [0.1, 0.15) is 15.9 Å². The van der Waals surface area contributed by atoms with Crippen molar-refractivity contribution in [3.05, 3.63) is 89.2 Å². The third-order valence-corrected chi connectivity index (χ3v) is 5.56. The molecular formula is C19H15ClN2O3S. The van der Waals surface area contributed by atoms with Crippen molar-refractivity contribution in [2.24, 2.45) is 0 Å². The van der Waals surface area contributed by atoms with Crippen LogP contribution in [0, 0.1) is 0 Å². The molecule has 0 aliphatic rings. The Morgan fingerprint density at radius 3 is 2.46 bits per heavy atom. The summed E-state index contributed by atoms with van der Waals surface area (Å²) in [5, 5.41) is 3.03. The Hall–Kier alpha value is -2.70. The highest BCUT2D eigenvalue weighted by Crippen LogP contribution is 2.18. The van der Waals surface area contributed by atoms with Gasteiger partial charge in [0.15, 0.2) is 9.84 Å². The topological polar surface area (TPSA) is 76.1 Å². The molecule has 0 fully saturated rings. The van der Waals surface area contributed by atoms with E-state index in [-0.39, 0.29) is 16.6 Å². The molecule has 0 saturated carbocycles. The zero-order valence-corrected chi connectivity index (χ0v) is 15.2. The minimum absolute atomic E-state index is 0.180. The van der Waals surface area contributed by atoms with Gasteiger partial charge in [-0.3, -0.25) is 4.79 Å². The Balaban J connectivity index is 1.77. The van der Waals surface area contributed by atoms with Crippen LogP contribution in [-0.2, 0) is 15.6 Å². The summed E-state index contributed by atoms with van der Waals surface area (Å²) >= 11 is 5.72. The maximum Gasteiger partial charge on any atom is 0.255 e. The van der Waals surface area contributed by atoms with Crippen LogP contribution in [-0.4, -0.2) is 19.3 Å². The van der Waals surface area contributed by atoms with E-state index in [1.807, 2.05) is 0 Å². The average molecular weight is 387 g/mol. The van der Waals surface area contributed by atoms with E-state index in [2.05, 4.69) is 10.3 Å². The Bertz CT molecular complexity index is 1020. The standard InChI is InChI=1S/C19H15ClN2O3S/c20-18-10-9-16(12-21-18)22-19(23)15-6-4-5-14(11-15)13-26(24,25)17-7-2-1-3-8-17/h1-12H,13H2,(H,22,23). The molecule has 7 heteroatoms. The van der Waals surface area contributed by atoms with Crippen molar-refractivity contribution in [3.8, 4) is 0 Å². The maximum atomic E-state index is 12.5. The number of rotatable bonds is 5. The quantitative estimate of drug-likeness (QED) is 0.673. The van der Waals surface area contributed by atoms with Crippen LogP contribution in [0.4, 0.5) is 5.69 Å². The fourth-order valence-electron chi connectivity index (χ4n) is 2.39. The fourth-order valence-corrected chi connectivity index (χ4v) is 3.85. The molecule has 0 saturated heterocycles. The molecule has 0 unspecified atom stereocenters. The maximum absolute atomic E-state index is 12.5. The Morgan fingerprint density at radius 1 is 1.00 bits per heavy atom. The molecule has 26 heavy (non-hydrogen) atoms. The lowest BCUT2D eigenvalue weighted by Crippen LogP contribution is -2.13. The monoisotopic (exact) mass is 386 g/mol. The molecule has 0 spiro atoms. The van der Waals surface area contributed by atoms with Crippen LogP contribution in [0.5, 0.6) is 0 Å². The van der Waals surface area contributed by atoms with E-state index >= 15 is 0 Å². The molecule has 0 bridgehead atoms. The van der Waals surface area contributed by atoms with Crippen LogP contribution >= 0.6 is 11.6 Å². The van der Waals surface area contributed by atoms with E-state index in [4.69, 9.17) is 11.6 Å². The van der Waals surface area contributed by atoms with Crippen molar-refractivity contribution in [2.75, 3.05) is 5.32 Å². The van der Waals surface area contributed by atoms with Gasteiger partial charge in [-0.15, -0.1) is 0 Å². The second-order valence-corrected chi connectivity index (χ2v) is 7.97. The summed E-state index contributed by atoms with van der Waals surface area (Å²) in [6.07, 6.45) is 1.45. The number of hydrogen-bond donors (Lipinski definition) is 1. The molecule has 0 atom stereocenters. The zero-order valence-electron chi connectivity index (χ0n) is 13.6. The van der Waals surface area contributed by atoms with Gasteiger partial charge in [0.2, 0.25) is 0 Å². The molecule has 0 aliphatic heterocycles. The number of halogens is 1. The lowest BCUT2D eigenvalue weighted by atomic mass is 10.1. The van der Waals surface area contributed by atoms with Crippen molar-refractivity contribution in [2.45, 2.75) is 10.6 Å². The molecule has 1 amide bonds. The van der Waals surface area contributed by atoms with Gasteiger partial charge < -0.3 is 5.32 Å². The highest BCUT2D eigenvalue weighted by atomic mass is 35.5. The highest BCUT2D eigenvalue weighted by molar-refractivity contribution is 7.90. The van der Waals surface area contributed by atoms with Crippen LogP contribution < -0.4 is 5.32 Å². The van der Waals surface area contributed by atoms with Crippen molar-refractivity contribution < 1.29 is 13.2 Å². The fraction of sp³-hybridized carbons (Fsp3) is 0.0526. The molecule has 2 aromatic carbocycles. The number of amides is 1. The number of nitrogens with zero attached hydrogens (tertiary/aromatic N) is 1. The Morgan fingerprint density at radius 2 is 1.77 bits per heavy atom. The molecule has 3 rings (SSSR count). The number of carbonyl (C=O) groups excluding carboxylic acids is 1. The van der Waals surface area contributed by atoms with E-state index in [9.17, 15) is 13.2 Å². The molecule has 0 radical (unpaired) electrons. The van der Waals surface area contributed by atoms with Gasteiger partial charge in [-0.05, 0) is 42.0 Å². The van der Waals surface area contributed by atoms with E-state index in [1.54, 1.807) is 66.7 Å². The van der Waals surface area contributed by atoms with E-state index in [0.29, 0.717) is 22.0 Å². The van der Waals surface area contributed by atoms with Gasteiger partial charge in [0, 0.05) is 5.56 Å². The summed E-state index contributed by atoms with van der Waals surface area (Å²) in [6, 6.07) is 18.0. The summed E-state index contributed by atoms with van der Waals surface area (Å²) in [5.41, 5.74) is 1.40. The summed E-state index contributed by atoms with van der Waals surface area (Å²) in [7, 11) is -3.48. The van der Waals surface area contributed by atoms with E-state index < -0.39 is 9.84 Å². The van der Waals surface area contributed by atoms with Crippen LogP contribution in [0.25, 0.3) is 0 Å². The molecule has 132 valence electrons. The second-order valence-electron chi connectivity index (χ2n) is 5.60. The summed E-state index contributed by atoms with van der Waals surface area (Å²) in [5.74, 6) is -0.534. The van der Waals surface area contributed by atoms with Gasteiger partial charge in [-0.25, -0.2) is 13.4 Å². The molecule has 1 N–H and O–H groups in total. The SMILES string of the molecule is O=C(Nc1ccc(Cl)nc1)c1cccc(CS(=O)(=O)c2ccccc2)c1. The van der Waals surface area contributed by atoms with Crippen LogP contribution in [0.15, 0.2) is 77.8 Å². The van der Waals surface area contributed by atoms with Crippen LogP contribution in [0.2, 0.25) is 5.15 Å². The lowest BCUT2D eigenvalue weighted by Gasteiger charge is -2.08. The van der Waals surface area contributed by atoms with Crippen molar-refractivity contribution in [1.29, 1.82) is 0 Å².